The van der Waals surface area contributed by atoms with Gasteiger partial charge >= 0.3 is 0 Å². The number of alkyl halides is 2. The zero-order valence-corrected chi connectivity index (χ0v) is 7.22. The third-order valence-electron chi connectivity index (χ3n) is 1.73. The Hall–Kier alpha value is -1.16. The van der Waals surface area contributed by atoms with Gasteiger partial charge in [-0.25, -0.2) is 8.78 Å². The number of aromatic hydroxyl groups is 1. The molecule has 1 aromatic carbocycles. The molecule has 0 bridgehead atoms. The SMILES string of the molecule is CNCc1ccc(C(F)F)cc1O. The maximum atomic E-state index is 12.1. The van der Waals surface area contributed by atoms with E-state index in [2.05, 4.69) is 5.32 Å². The summed E-state index contributed by atoms with van der Waals surface area (Å²) < 4.78 is 24.3. The van der Waals surface area contributed by atoms with E-state index in [0.717, 1.165) is 6.07 Å². The fourth-order valence-corrected chi connectivity index (χ4v) is 1.06. The number of hydrogen-bond acceptors (Lipinski definition) is 2. The number of benzene rings is 1. The van der Waals surface area contributed by atoms with E-state index in [-0.39, 0.29) is 11.3 Å². The number of rotatable bonds is 3. The smallest absolute Gasteiger partial charge is 0.263 e. The number of halogens is 2. The van der Waals surface area contributed by atoms with Gasteiger partial charge in [0, 0.05) is 17.7 Å². The Morgan fingerprint density at radius 3 is 2.62 bits per heavy atom. The second kappa shape index (κ2) is 4.18. The van der Waals surface area contributed by atoms with E-state index >= 15 is 0 Å². The van der Waals surface area contributed by atoms with Gasteiger partial charge in [-0.1, -0.05) is 12.1 Å². The number of nitrogens with one attached hydrogen (secondary N) is 1. The van der Waals surface area contributed by atoms with Crippen molar-refractivity contribution in [2.75, 3.05) is 7.05 Å². The van der Waals surface area contributed by atoms with E-state index in [9.17, 15) is 13.9 Å². The maximum Gasteiger partial charge on any atom is 0.263 e. The van der Waals surface area contributed by atoms with Crippen LogP contribution in [0.5, 0.6) is 5.75 Å². The molecular weight excluding hydrogens is 176 g/mol. The maximum absolute atomic E-state index is 12.1. The molecule has 72 valence electrons. The van der Waals surface area contributed by atoms with Crippen molar-refractivity contribution in [1.82, 2.24) is 5.32 Å². The van der Waals surface area contributed by atoms with Crippen molar-refractivity contribution in [3.05, 3.63) is 29.3 Å². The van der Waals surface area contributed by atoms with Gasteiger partial charge in [0.25, 0.3) is 6.43 Å². The van der Waals surface area contributed by atoms with E-state index < -0.39 is 6.43 Å². The van der Waals surface area contributed by atoms with Crippen LogP contribution in [0.4, 0.5) is 8.78 Å². The fraction of sp³-hybridized carbons (Fsp3) is 0.333. The minimum absolute atomic E-state index is 0.0906. The first-order valence-electron chi connectivity index (χ1n) is 3.89. The van der Waals surface area contributed by atoms with Crippen LogP contribution < -0.4 is 5.32 Å². The minimum Gasteiger partial charge on any atom is -0.508 e. The summed E-state index contributed by atoms with van der Waals surface area (Å²) >= 11 is 0. The summed E-state index contributed by atoms with van der Waals surface area (Å²) in [6, 6.07) is 3.90. The third kappa shape index (κ3) is 2.39. The summed E-state index contributed by atoms with van der Waals surface area (Å²) in [7, 11) is 1.72. The van der Waals surface area contributed by atoms with Crippen molar-refractivity contribution in [3.8, 4) is 5.75 Å². The molecule has 1 rings (SSSR count). The fourth-order valence-electron chi connectivity index (χ4n) is 1.06. The lowest BCUT2D eigenvalue weighted by Crippen LogP contribution is -2.05. The van der Waals surface area contributed by atoms with Crippen LogP contribution in [0.15, 0.2) is 18.2 Å². The van der Waals surface area contributed by atoms with Gasteiger partial charge in [0.05, 0.1) is 0 Å². The van der Waals surface area contributed by atoms with E-state index in [1.54, 1.807) is 7.05 Å². The third-order valence-corrected chi connectivity index (χ3v) is 1.73. The Kier molecular flexibility index (Phi) is 3.19. The Labute approximate surface area is 75.2 Å². The Morgan fingerprint density at radius 2 is 2.15 bits per heavy atom. The molecule has 0 unspecified atom stereocenters. The largest absolute Gasteiger partial charge is 0.508 e. The van der Waals surface area contributed by atoms with Crippen molar-refractivity contribution in [2.45, 2.75) is 13.0 Å². The highest BCUT2D eigenvalue weighted by molar-refractivity contribution is 5.36. The average molecular weight is 187 g/mol. The van der Waals surface area contributed by atoms with E-state index in [4.69, 9.17) is 0 Å². The molecule has 0 spiro atoms. The monoisotopic (exact) mass is 187 g/mol. The quantitative estimate of drug-likeness (QED) is 0.759. The molecule has 0 atom stereocenters. The van der Waals surface area contributed by atoms with Gasteiger partial charge in [-0.2, -0.15) is 0 Å². The van der Waals surface area contributed by atoms with E-state index in [1.165, 1.54) is 12.1 Å². The summed E-state index contributed by atoms with van der Waals surface area (Å²) in [5.41, 5.74) is 0.462. The molecule has 0 aromatic heterocycles. The highest BCUT2D eigenvalue weighted by Gasteiger charge is 2.09. The van der Waals surface area contributed by atoms with Crippen LogP contribution in [0.25, 0.3) is 0 Å². The first kappa shape index (κ1) is 9.92. The Morgan fingerprint density at radius 1 is 1.46 bits per heavy atom. The van der Waals surface area contributed by atoms with Gasteiger partial charge in [0.15, 0.2) is 0 Å². The van der Waals surface area contributed by atoms with Crippen molar-refractivity contribution >= 4 is 0 Å². The van der Waals surface area contributed by atoms with Crippen molar-refractivity contribution < 1.29 is 13.9 Å². The van der Waals surface area contributed by atoms with Gasteiger partial charge in [-0.05, 0) is 13.1 Å². The highest BCUT2D eigenvalue weighted by Crippen LogP contribution is 2.25. The number of phenols is 1. The zero-order chi connectivity index (χ0) is 9.84. The van der Waals surface area contributed by atoms with Crippen LogP contribution in [-0.2, 0) is 6.54 Å². The molecule has 0 saturated carbocycles. The summed E-state index contributed by atoms with van der Waals surface area (Å²) in [4.78, 5) is 0. The zero-order valence-electron chi connectivity index (χ0n) is 7.22. The van der Waals surface area contributed by atoms with Crippen LogP contribution in [0.1, 0.15) is 17.6 Å². The predicted molar refractivity (Wildman–Crippen MR) is 45.8 cm³/mol. The van der Waals surface area contributed by atoms with Gasteiger partial charge < -0.3 is 10.4 Å². The minimum atomic E-state index is -2.53. The molecule has 0 heterocycles. The second-order valence-electron chi connectivity index (χ2n) is 2.72. The molecule has 0 amide bonds. The van der Waals surface area contributed by atoms with Crippen LogP contribution in [-0.4, -0.2) is 12.2 Å². The van der Waals surface area contributed by atoms with Crippen LogP contribution in [0, 0.1) is 0 Å². The molecule has 13 heavy (non-hydrogen) atoms. The summed E-state index contributed by atoms with van der Waals surface area (Å²) in [6.07, 6.45) is -2.53. The predicted octanol–water partition coefficient (Wildman–Crippen LogP) is 2.05. The average Bonchev–Trinajstić information content (AvgIpc) is 2.08. The van der Waals surface area contributed by atoms with Gasteiger partial charge in [-0.3, -0.25) is 0 Å². The summed E-state index contributed by atoms with van der Waals surface area (Å²) in [5, 5.41) is 12.1. The van der Waals surface area contributed by atoms with Gasteiger partial charge in [-0.15, -0.1) is 0 Å². The second-order valence-corrected chi connectivity index (χ2v) is 2.72. The normalized spacial score (nSPS) is 10.8. The van der Waals surface area contributed by atoms with Crippen molar-refractivity contribution in [1.29, 1.82) is 0 Å². The van der Waals surface area contributed by atoms with Gasteiger partial charge in [0.1, 0.15) is 5.75 Å². The first-order chi connectivity index (χ1) is 6.15. The van der Waals surface area contributed by atoms with Crippen LogP contribution >= 0.6 is 0 Å². The van der Waals surface area contributed by atoms with Crippen LogP contribution in [0.2, 0.25) is 0 Å². The summed E-state index contributed by atoms with van der Waals surface area (Å²) in [6.45, 7) is 0.468. The lowest BCUT2D eigenvalue weighted by molar-refractivity contribution is 0.151. The number of hydrogen-bond donors (Lipinski definition) is 2. The molecular formula is C9H11F2NO. The summed E-state index contributed by atoms with van der Waals surface area (Å²) in [5.74, 6) is -0.0906. The first-order valence-corrected chi connectivity index (χ1v) is 3.89. The van der Waals surface area contributed by atoms with Crippen LogP contribution in [0.3, 0.4) is 0 Å². The Bertz CT molecular complexity index is 289. The van der Waals surface area contributed by atoms with E-state index in [1.807, 2.05) is 0 Å². The van der Waals surface area contributed by atoms with Crippen molar-refractivity contribution in [3.63, 3.8) is 0 Å². The molecule has 2 N–H and O–H groups in total. The molecule has 0 aliphatic heterocycles. The molecule has 2 nitrogen and oxygen atoms in total. The number of phenolic OH excluding ortho intramolecular Hbond substituents is 1. The molecule has 0 saturated heterocycles. The molecule has 0 fully saturated rings. The lowest BCUT2D eigenvalue weighted by atomic mass is 10.1. The lowest BCUT2D eigenvalue weighted by Gasteiger charge is -2.05. The van der Waals surface area contributed by atoms with Gasteiger partial charge in [0.2, 0.25) is 0 Å². The molecule has 0 aliphatic rings. The van der Waals surface area contributed by atoms with Crippen molar-refractivity contribution in [2.24, 2.45) is 0 Å². The Balaban J connectivity index is 2.92. The molecule has 0 radical (unpaired) electrons. The molecule has 1 aromatic rings. The van der Waals surface area contributed by atoms with E-state index in [0.29, 0.717) is 12.1 Å². The standard InChI is InChI=1S/C9H11F2NO/c1-12-5-7-3-2-6(9(10)11)4-8(7)13/h2-4,9,12-13H,5H2,1H3. The topological polar surface area (TPSA) is 32.3 Å². The molecule has 0 aliphatic carbocycles. The highest BCUT2D eigenvalue weighted by atomic mass is 19.3. The molecule has 4 heteroatoms.